The molecular weight excluding hydrogens is 262 g/mol. The lowest BCUT2D eigenvalue weighted by Gasteiger charge is -2.28. The zero-order valence-electron chi connectivity index (χ0n) is 11.0. The first-order valence-electron chi connectivity index (χ1n) is 6.57. The first-order chi connectivity index (χ1) is 9.03. The highest BCUT2D eigenvalue weighted by Gasteiger charge is 2.29. The first-order valence-corrected chi connectivity index (χ1v) is 8.05. The molecule has 1 N–H and O–H groups in total. The molecule has 1 fully saturated rings. The molecule has 4 nitrogen and oxygen atoms in total. The highest BCUT2D eigenvalue weighted by atomic mass is 32.2. The van der Waals surface area contributed by atoms with Gasteiger partial charge >= 0.3 is 0 Å². The third kappa shape index (κ3) is 3.42. The largest absolute Gasteiger partial charge is 0.303 e. The minimum absolute atomic E-state index is 0.200. The highest BCUT2D eigenvalue weighted by molar-refractivity contribution is 7.89. The van der Waals surface area contributed by atoms with Crippen LogP contribution in [0.1, 0.15) is 31.2 Å². The minimum atomic E-state index is -3.53. The molecule has 19 heavy (non-hydrogen) atoms. The third-order valence-corrected chi connectivity index (χ3v) is 5.14. The maximum absolute atomic E-state index is 12.2. The SMILES string of the molecule is Cc1ccc(S(=O)(=O)N[C@H]2CCCC[C@H]2C=O)cc1. The van der Waals surface area contributed by atoms with Gasteiger partial charge in [-0.3, -0.25) is 0 Å². The summed E-state index contributed by atoms with van der Waals surface area (Å²) in [4.78, 5) is 11.3. The van der Waals surface area contributed by atoms with E-state index in [0.717, 1.165) is 37.5 Å². The predicted molar refractivity (Wildman–Crippen MR) is 73.3 cm³/mol. The fourth-order valence-electron chi connectivity index (χ4n) is 2.45. The number of rotatable bonds is 4. The molecule has 0 aromatic heterocycles. The standard InChI is InChI=1S/C14H19NO3S/c1-11-6-8-13(9-7-11)19(17,18)15-14-5-3-2-4-12(14)10-16/h6-10,12,14-15H,2-5H2,1H3/t12-,14-/m0/s1. The lowest BCUT2D eigenvalue weighted by molar-refractivity contribution is -0.112. The van der Waals surface area contributed by atoms with Crippen molar-refractivity contribution in [3.8, 4) is 0 Å². The van der Waals surface area contributed by atoms with E-state index in [1.54, 1.807) is 24.3 Å². The van der Waals surface area contributed by atoms with Crippen LogP contribution in [-0.4, -0.2) is 20.7 Å². The molecule has 1 aromatic carbocycles. The van der Waals surface area contributed by atoms with Gasteiger partial charge in [-0.2, -0.15) is 0 Å². The normalized spacial score (nSPS) is 24.1. The van der Waals surface area contributed by atoms with Crippen LogP contribution < -0.4 is 4.72 Å². The van der Waals surface area contributed by atoms with Crippen molar-refractivity contribution in [3.63, 3.8) is 0 Å². The van der Waals surface area contributed by atoms with Gasteiger partial charge in [0, 0.05) is 12.0 Å². The molecule has 2 rings (SSSR count). The van der Waals surface area contributed by atoms with E-state index in [-0.39, 0.29) is 16.9 Å². The van der Waals surface area contributed by atoms with Gasteiger partial charge in [0.2, 0.25) is 10.0 Å². The number of carbonyl (C=O) groups excluding carboxylic acids is 1. The molecule has 0 amide bonds. The van der Waals surface area contributed by atoms with E-state index in [2.05, 4.69) is 4.72 Å². The monoisotopic (exact) mass is 281 g/mol. The van der Waals surface area contributed by atoms with Crippen molar-refractivity contribution in [2.24, 2.45) is 5.92 Å². The van der Waals surface area contributed by atoms with Crippen LogP contribution in [0.4, 0.5) is 0 Å². The van der Waals surface area contributed by atoms with Crippen LogP contribution in [-0.2, 0) is 14.8 Å². The molecule has 0 saturated heterocycles. The van der Waals surface area contributed by atoms with Crippen molar-refractivity contribution in [1.29, 1.82) is 0 Å². The Morgan fingerprint density at radius 3 is 2.42 bits per heavy atom. The fraction of sp³-hybridized carbons (Fsp3) is 0.500. The Balaban J connectivity index is 2.16. The molecule has 1 aliphatic rings. The second-order valence-corrected chi connectivity index (χ2v) is 6.84. The summed E-state index contributed by atoms with van der Waals surface area (Å²) >= 11 is 0. The summed E-state index contributed by atoms with van der Waals surface area (Å²) in [6, 6.07) is 6.46. The third-order valence-electron chi connectivity index (χ3n) is 3.63. The molecule has 0 heterocycles. The molecule has 1 saturated carbocycles. The molecule has 0 unspecified atom stereocenters. The lowest BCUT2D eigenvalue weighted by Crippen LogP contribution is -2.42. The summed E-state index contributed by atoms with van der Waals surface area (Å²) in [5.41, 5.74) is 1.02. The van der Waals surface area contributed by atoms with E-state index in [9.17, 15) is 13.2 Å². The summed E-state index contributed by atoms with van der Waals surface area (Å²) in [7, 11) is -3.53. The quantitative estimate of drug-likeness (QED) is 0.859. The number of aldehydes is 1. The number of carbonyl (C=O) groups is 1. The Bertz CT molecular complexity index is 536. The highest BCUT2D eigenvalue weighted by Crippen LogP contribution is 2.24. The van der Waals surface area contributed by atoms with Crippen molar-refractivity contribution in [2.75, 3.05) is 0 Å². The van der Waals surface area contributed by atoms with Gasteiger partial charge in [0.1, 0.15) is 6.29 Å². The van der Waals surface area contributed by atoms with Crippen LogP contribution in [0.15, 0.2) is 29.2 Å². The zero-order valence-corrected chi connectivity index (χ0v) is 11.8. The fourth-order valence-corrected chi connectivity index (χ4v) is 3.78. The maximum Gasteiger partial charge on any atom is 0.240 e. The number of aryl methyl sites for hydroxylation is 1. The zero-order chi connectivity index (χ0) is 13.9. The van der Waals surface area contributed by atoms with E-state index >= 15 is 0 Å². The van der Waals surface area contributed by atoms with Gasteiger partial charge in [-0.05, 0) is 31.9 Å². The minimum Gasteiger partial charge on any atom is -0.303 e. The van der Waals surface area contributed by atoms with Gasteiger partial charge in [-0.15, -0.1) is 0 Å². The van der Waals surface area contributed by atoms with Gasteiger partial charge in [-0.1, -0.05) is 30.5 Å². The Kier molecular flexibility index (Phi) is 4.37. The average molecular weight is 281 g/mol. The molecule has 1 aromatic rings. The number of hydrogen-bond donors (Lipinski definition) is 1. The Morgan fingerprint density at radius 2 is 1.79 bits per heavy atom. The molecule has 0 spiro atoms. The molecule has 104 valence electrons. The topological polar surface area (TPSA) is 63.2 Å². The van der Waals surface area contributed by atoms with Gasteiger partial charge in [0.05, 0.1) is 4.90 Å². The van der Waals surface area contributed by atoms with Gasteiger partial charge in [0.15, 0.2) is 0 Å². The second kappa shape index (κ2) is 5.84. The van der Waals surface area contributed by atoms with Crippen LogP contribution in [0.3, 0.4) is 0 Å². The van der Waals surface area contributed by atoms with Crippen molar-refractivity contribution in [3.05, 3.63) is 29.8 Å². The van der Waals surface area contributed by atoms with E-state index in [1.807, 2.05) is 6.92 Å². The number of benzene rings is 1. The number of sulfonamides is 1. The molecule has 1 aliphatic carbocycles. The Morgan fingerprint density at radius 1 is 1.16 bits per heavy atom. The van der Waals surface area contributed by atoms with Gasteiger partial charge in [-0.25, -0.2) is 13.1 Å². The van der Waals surface area contributed by atoms with Crippen LogP contribution in [0.2, 0.25) is 0 Å². The first kappa shape index (κ1) is 14.2. The van der Waals surface area contributed by atoms with Crippen molar-refractivity contribution in [2.45, 2.75) is 43.5 Å². The van der Waals surface area contributed by atoms with E-state index in [4.69, 9.17) is 0 Å². The Hall–Kier alpha value is -1.20. The molecule has 0 radical (unpaired) electrons. The summed E-state index contributed by atoms with van der Waals surface area (Å²) < 4.78 is 27.2. The molecular formula is C14H19NO3S. The van der Waals surface area contributed by atoms with Gasteiger partial charge in [0.25, 0.3) is 0 Å². The summed E-state index contributed by atoms with van der Waals surface area (Å²) in [5.74, 6) is -0.200. The lowest BCUT2D eigenvalue weighted by atomic mass is 9.86. The van der Waals surface area contributed by atoms with Crippen molar-refractivity contribution >= 4 is 16.3 Å². The predicted octanol–water partition coefficient (Wildman–Crippen LogP) is 2.03. The van der Waals surface area contributed by atoms with Crippen LogP contribution in [0, 0.1) is 12.8 Å². The summed E-state index contributed by atoms with van der Waals surface area (Å²) in [5, 5.41) is 0. The Labute approximate surface area is 114 Å². The maximum atomic E-state index is 12.2. The van der Waals surface area contributed by atoms with Crippen LogP contribution >= 0.6 is 0 Å². The molecule has 0 aliphatic heterocycles. The van der Waals surface area contributed by atoms with E-state index < -0.39 is 10.0 Å². The number of nitrogens with one attached hydrogen (secondary N) is 1. The van der Waals surface area contributed by atoms with E-state index in [1.165, 1.54) is 0 Å². The second-order valence-electron chi connectivity index (χ2n) is 5.13. The molecule has 0 bridgehead atoms. The van der Waals surface area contributed by atoms with Crippen LogP contribution in [0.5, 0.6) is 0 Å². The van der Waals surface area contributed by atoms with Crippen LogP contribution in [0.25, 0.3) is 0 Å². The summed E-state index contributed by atoms with van der Waals surface area (Å²) in [6.45, 7) is 1.91. The van der Waals surface area contributed by atoms with Gasteiger partial charge < -0.3 is 4.79 Å². The summed E-state index contributed by atoms with van der Waals surface area (Å²) in [6.07, 6.45) is 4.33. The molecule has 2 atom stereocenters. The van der Waals surface area contributed by atoms with E-state index in [0.29, 0.717) is 0 Å². The van der Waals surface area contributed by atoms with Crippen molar-refractivity contribution < 1.29 is 13.2 Å². The molecule has 5 heteroatoms. The average Bonchev–Trinajstić information content (AvgIpc) is 2.39. The van der Waals surface area contributed by atoms with Crippen molar-refractivity contribution in [1.82, 2.24) is 4.72 Å². The smallest absolute Gasteiger partial charge is 0.240 e. The number of hydrogen-bond acceptors (Lipinski definition) is 3.